The van der Waals surface area contributed by atoms with E-state index in [1.165, 1.54) is 15.8 Å². The molecule has 4 heterocycles. The van der Waals surface area contributed by atoms with Crippen LogP contribution in [0.2, 0.25) is 5.02 Å². The van der Waals surface area contributed by atoms with Crippen LogP contribution < -0.4 is 10.5 Å². The molecule has 0 radical (unpaired) electrons. The molecule has 3 aromatic rings. The molecule has 1 saturated heterocycles. The maximum absolute atomic E-state index is 13.0. The van der Waals surface area contributed by atoms with Crippen molar-refractivity contribution in [1.82, 2.24) is 24.8 Å². The molecule has 2 aliphatic heterocycles. The fourth-order valence-electron chi connectivity index (χ4n) is 4.97. The summed E-state index contributed by atoms with van der Waals surface area (Å²) in [7, 11) is 0. The zero-order valence-electron chi connectivity index (χ0n) is 19.2. The Morgan fingerprint density at radius 3 is 2.82 bits per heavy atom. The number of halogens is 1. The standard InChI is InChI=1S/C24H29ClN6O2/c1-15-8-4-5-9-18(15)17(3)30-20-12-16(2)29(14-19(20)27-28-30)21-13-26-31(24(32)23(21)25)22-10-6-7-11-33-22/h4-5,8-9,13,16-17,22H,6-7,10-12,14H2,1-3H3/t16-,17?,22?/m1/s1. The molecule has 3 atom stereocenters. The lowest BCUT2D eigenvalue weighted by molar-refractivity contribution is -0.0424. The van der Waals surface area contributed by atoms with Gasteiger partial charge in [0.15, 0.2) is 6.23 Å². The summed E-state index contributed by atoms with van der Waals surface area (Å²) in [5.74, 6) is 0. The van der Waals surface area contributed by atoms with Gasteiger partial charge < -0.3 is 9.64 Å². The fourth-order valence-corrected chi connectivity index (χ4v) is 5.21. The Kier molecular flexibility index (Phi) is 5.97. The summed E-state index contributed by atoms with van der Waals surface area (Å²) in [5.41, 5.74) is 4.83. The highest BCUT2D eigenvalue weighted by molar-refractivity contribution is 6.33. The number of hydrogen-bond acceptors (Lipinski definition) is 6. The Bertz CT molecular complexity index is 1220. The summed E-state index contributed by atoms with van der Waals surface area (Å²) in [6.07, 6.45) is 4.89. The highest BCUT2D eigenvalue weighted by Crippen LogP contribution is 2.33. The van der Waals surface area contributed by atoms with Crippen LogP contribution in [0, 0.1) is 6.92 Å². The molecule has 1 aromatic carbocycles. The van der Waals surface area contributed by atoms with Crippen LogP contribution in [0.15, 0.2) is 35.3 Å². The van der Waals surface area contributed by atoms with Crippen molar-refractivity contribution in [2.24, 2.45) is 0 Å². The van der Waals surface area contributed by atoms with E-state index in [0.29, 0.717) is 18.8 Å². The van der Waals surface area contributed by atoms with E-state index in [-0.39, 0.29) is 28.9 Å². The second-order valence-electron chi connectivity index (χ2n) is 9.06. The van der Waals surface area contributed by atoms with E-state index in [2.05, 4.69) is 59.3 Å². The molecular formula is C24H29ClN6O2. The normalized spacial score (nSPS) is 21.6. The van der Waals surface area contributed by atoms with Crippen molar-refractivity contribution in [3.05, 3.63) is 68.4 Å². The average molecular weight is 469 g/mol. The van der Waals surface area contributed by atoms with E-state index < -0.39 is 0 Å². The quantitative estimate of drug-likeness (QED) is 0.574. The van der Waals surface area contributed by atoms with Gasteiger partial charge in [-0.1, -0.05) is 41.1 Å². The molecule has 1 fully saturated rings. The second kappa shape index (κ2) is 8.91. The van der Waals surface area contributed by atoms with Gasteiger partial charge in [0.25, 0.3) is 5.56 Å². The maximum atomic E-state index is 13.0. The number of nitrogens with zero attached hydrogens (tertiary/aromatic N) is 6. The summed E-state index contributed by atoms with van der Waals surface area (Å²) < 4.78 is 9.14. The predicted octanol–water partition coefficient (Wildman–Crippen LogP) is 4.06. The number of hydrogen-bond donors (Lipinski definition) is 0. The van der Waals surface area contributed by atoms with E-state index >= 15 is 0 Å². The Morgan fingerprint density at radius 2 is 2.06 bits per heavy atom. The monoisotopic (exact) mass is 468 g/mol. The Morgan fingerprint density at radius 1 is 1.24 bits per heavy atom. The summed E-state index contributed by atoms with van der Waals surface area (Å²) in [5, 5.41) is 13.6. The zero-order chi connectivity index (χ0) is 23.1. The van der Waals surface area contributed by atoms with Crippen molar-refractivity contribution in [1.29, 1.82) is 0 Å². The molecule has 174 valence electrons. The molecule has 8 nitrogen and oxygen atoms in total. The third kappa shape index (κ3) is 3.95. The SMILES string of the molecule is Cc1ccccc1C(C)n1nnc2c1C[C@@H](C)N(c1cnn(C3CCCCO3)c(=O)c1Cl)C2. The van der Waals surface area contributed by atoms with Crippen LogP contribution in [-0.2, 0) is 17.7 Å². The fraction of sp³-hybridized carbons (Fsp3) is 0.500. The predicted molar refractivity (Wildman–Crippen MR) is 127 cm³/mol. The van der Waals surface area contributed by atoms with Crippen molar-refractivity contribution in [3.63, 3.8) is 0 Å². The van der Waals surface area contributed by atoms with Crippen LogP contribution in [-0.4, -0.2) is 37.4 Å². The van der Waals surface area contributed by atoms with Gasteiger partial charge in [0, 0.05) is 19.1 Å². The molecular weight excluding hydrogens is 440 g/mol. The van der Waals surface area contributed by atoms with Crippen LogP contribution in [0.25, 0.3) is 0 Å². The molecule has 9 heteroatoms. The number of aromatic nitrogens is 5. The van der Waals surface area contributed by atoms with Gasteiger partial charge in [-0.3, -0.25) is 4.79 Å². The van der Waals surface area contributed by atoms with Gasteiger partial charge >= 0.3 is 0 Å². The van der Waals surface area contributed by atoms with Crippen molar-refractivity contribution in [2.75, 3.05) is 11.5 Å². The highest BCUT2D eigenvalue weighted by Gasteiger charge is 2.32. The van der Waals surface area contributed by atoms with Gasteiger partial charge in [0.1, 0.15) is 10.7 Å². The first-order valence-corrected chi connectivity index (χ1v) is 12.0. The Hall–Kier alpha value is -2.71. The first-order valence-electron chi connectivity index (χ1n) is 11.6. The number of anilines is 1. The van der Waals surface area contributed by atoms with Gasteiger partial charge in [-0.15, -0.1) is 5.10 Å². The van der Waals surface area contributed by atoms with E-state index in [1.807, 2.05) is 10.7 Å². The summed E-state index contributed by atoms with van der Waals surface area (Å²) in [6.45, 7) is 7.57. The zero-order valence-corrected chi connectivity index (χ0v) is 20.0. The molecule has 0 aliphatic carbocycles. The maximum Gasteiger partial charge on any atom is 0.290 e. The molecule has 33 heavy (non-hydrogen) atoms. The minimum atomic E-state index is -0.342. The number of rotatable bonds is 4. The molecule has 0 spiro atoms. The van der Waals surface area contributed by atoms with E-state index in [0.717, 1.165) is 37.1 Å². The van der Waals surface area contributed by atoms with Gasteiger partial charge in [-0.25, -0.2) is 4.68 Å². The lowest BCUT2D eigenvalue weighted by Crippen LogP contribution is -2.41. The van der Waals surface area contributed by atoms with Crippen molar-refractivity contribution in [2.45, 2.75) is 71.3 Å². The molecule has 0 saturated carbocycles. The highest BCUT2D eigenvalue weighted by atomic mass is 35.5. The Balaban J connectivity index is 1.43. The van der Waals surface area contributed by atoms with Gasteiger partial charge in [0.2, 0.25) is 0 Å². The number of aryl methyl sites for hydroxylation is 1. The third-order valence-corrected chi connectivity index (χ3v) is 7.24. The average Bonchev–Trinajstić information content (AvgIpc) is 3.23. The lowest BCUT2D eigenvalue weighted by atomic mass is 10.00. The number of benzene rings is 1. The van der Waals surface area contributed by atoms with Crippen LogP contribution >= 0.6 is 11.6 Å². The first-order chi connectivity index (χ1) is 16.0. The van der Waals surface area contributed by atoms with Crippen LogP contribution in [0.1, 0.15) is 67.9 Å². The van der Waals surface area contributed by atoms with E-state index in [9.17, 15) is 4.79 Å². The molecule has 0 bridgehead atoms. The van der Waals surface area contributed by atoms with Crippen LogP contribution in [0.4, 0.5) is 5.69 Å². The van der Waals surface area contributed by atoms with Crippen molar-refractivity contribution >= 4 is 17.3 Å². The molecule has 2 aliphatic rings. The van der Waals surface area contributed by atoms with Crippen LogP contribution in [0.3, 0.4) is 0 Å². The summed E-state index contributed by atoms with van der Waals surface area (Å²) in [4.78, 5) is 15.1. The summed E-state index contributed by atoms with van der Waals surface area (Å²) >= 11 is 6.58. The van der Waals surface area contributed by atoms with Crippen molar-refractivity contribution < 1.29 is 4.74 Å². The second-order valence-corrected chi connectivity index (χ2v) is 9.43. The molecule has 2 unspecified atom stereocenters. The first kappa shape index (κ1) is 22.1. The van der Waals surface area contributed by atoms with Gasteiger partial charge in [-0.2, -0.15) is 9.78 Å². The van der Waals surface area contributed by atoms with Crippen molar-refractivity contribution in [3.8, 4) is 0 Å². The summed E-state index contributed by atoms with van der Waals surface area (Å²) in [6, 6.07) is 8.57. The Labute approximate surface area is 198 Å². The lowest BCUT2D eigenvalue weighted by Gasteiger charge is -2.35. The molecule has 2 aromatic heterocycles. The van der Waals surface area contributed by atoms with E-state index in [4.69, 9.17) is 16.3 Å². The largest absolute Gasteiger partial charge is 0.360 e. The van der Waals surface area contributed by atoms with Gasteiger partial charge in [-0.05, 0) is 51.2 Å². The topological polar surface area (TPSA) is 78.1 Å². The smallest absolute Gasteiger partial charge is 0.290 e. The molecule has 0 N–H and O–H groups in total. The number of ether oxygens (including phenoxy) is 1. The number of fused-ring (bicyclic) bond motifs is 1. The minimum Gasteiger partial charge on any atom is -0.360 e. The van der Waals surface area contributed by atoms with E-state index in [1.54, 1.807) is 6.20 Å². The third-order valence-electron chi connectivity index (χ3n) is 6.88. The van der Waals surface area contributed by atoms with Gasteiger partial charge in [0.05, 0.1) is 30.2 Å². The van der Waals surface area contributed by atoms with Crippen LogP contribution in [0.5, 0.6) is 0 Å². The molecule has 0 amide bonds. The molecule has 5 rings (SSSR count). The minimum absolute atomic E-state index is 0.0888.